The second kappa shape index (κ2) is 9.32. The van der Waals surface area contributed by atoms with Crippen molar-refractivity contribution in [2.45, 2.75) is 25.9 Å². The summed E-state index contributed by atoms with van der Waals surface area (Å²) in [4.78, 5) is 18.1. The molecule has 0 aliphatic carbocycles. The number of nitrogens with zero attached hydrogens (tertiary/aromatic N) is 3. The number of fused-ring (bicyclic) bond motifs is 2. The minimum Gasteiger partial charge on any atom is -0.493 e. The van der Waals surface area contributed by atoms with Crippen LogP contribution in [0, 0.1) is 0 Å². The number of benzene rings is 2. The summed E-state index contributed by atoms with van der Waals surface area (Å²) >= 11 is 5.04. The van der Waals surface area contributed by atoms with Gasteiger partial charge in [0.05, 0.1) is 19.6 Å². The molecular formula is C22H23BrN4O3S. The normalized spacial score (nSPS) is 17.2. The Morgan fingerprint density at radius 3 is 2.71 bits per heavy atom. The number of thioether (sulfide) groups is 1. The number of methoxy groups -OCH3 is 2. The first-order valence-electron chi connectivity index (χ1n) is 9.97. The van der Waals surface area contributed by atoms with E-state index in [4.69, 9.17) is 19.6 Å². The molecule has 1 amide bonds. The van der Waals surface area contributed by atoms with Crippen LogP contribution in [0.2, 0.25) is 0 Å². The van der Waals surface area contributed by atoms with Crippen molar-refractivity contribution in [1.82, 2.24) is 10.3 Å². The maximum absolute atomic E-state index is 13.2. The largest absolute Gasteiger partial charge is 0.493 e. The number of halogens is 1. The van der Waals surface area contributed by atoms with Gasteiger partial charge in [-0.05, 0) is 36.8 Å². The van der Waals surface area contributed by atoms with Crippen LogP contribution >= 0.6 is 27.7 Å². The first-order valence-corrected chi connectivity index (χ1v) is 11.7. The Balaban J connectivity index is 1.86. The topological polar surface area (TPSA) is 75.5 Å². The van der Waals surface area contributed by atoms with Gasteiger partial charge in [0.15, 0.2) is 22.8 Å². The van der Waals surface area contributed by atoms with E-state index in [1.807, 2.05) is 36.4 Å². The van der Waals surface area contributed by atoms with Crippen LogP contribution in [0.25, 0.3) is 5.70 Å². The molecule has 2 aliphatic heterocycles. The molecule has 0 saturated heterocycles. The molecule has 0 aromatic heterocycles. The highest BCUT2D eigenvalue weighted by molar-refractivity contribution is 9.10. The van der Waals surface area contributed by atoms with Crippen molar-refractivity contribution < 1.29 is 14.3 Å². The fraction of sp³-hybridized carbons (Fsp3) is 0.318. The standard InChI is InChI=1S/C22H23BrN4O3S/c1-4-5-10-31-22-25-21(28)19-15-12-14(23)7-8-16(15)24-20(27(19)26-22)13-6-9-17(29-2)18(11-13)30-3/h6-9,11-12,20H,4-5,10H2,1-3H3,(H,25,26,28)/t20-/m1/s1. The number of ether oxygens (including phenoxy) is 2. The van der Waals surface area contributed by atoms with Crippen LogP contribution in [0.15, 0.2) is 51.0 Å². The Labute approximate surface area is 193 Å². The molecule has 0 bridgehead atoms. The van der Waals surface area contributed by atoms with Crippen molar-refractivity contribution in [2.75, 3.05) is 20.0 Å². The summed E-state index contributed by atoms with van der Waals surface area (Å²) in [5.74, 6) is 1.93. The Kier molecular flexibility index (Phi) is 6.52. The van der Waals surface area contributed by atoms with Crippen molar-refractivity contribution >= 4 is 44.5 Å². The second-order valence-electron chi connectivity index (χ2n) is 7.03. The van der Waals surface area contributed by atoms with Gasteiger partial charge in [-0.15, -0.1) is 5.10 Å². The molecule has 162 valence electrons. The van der Waals surface area contributed by atoms with E-state index >= 15 is 0 Å². The summed E-state index contributed by atoms with van der Waals surface area (Å²) in [5.41, 5.74) is 1.33. The summed E-state index contributed by atoms with van der Waals surface area (Å²) in [6, 6.07) is 11.4. The lowest BCUT2D eigenvalue weighted by atomic mass is 10.1. The van der Waals surface area contributed by atoms with Crippen LogP contribution in [0.1, 0.15) is 31.5 Å². The number of unbranched alkanes of at least 4 members (excludes halogenated alkanes) is 1. The van der Waals surface area contributed by atoms with Gasteiger partial charge in [-0.3, -0.25) is 15.1 Å². The number of amidine groups is 1. The minimum absolute atomic E-state index is 0.186. The summed E-state index contributed by atoms with van der Waals surface area (Å²) in [6.45, 7) is 2.14. The lowest BCUT2D eigenvalue weighted by Gasteiger charge is -2.34. The Morgan fingerprint density at radius 1 is 1.16 bits per heavy atom. The lowest BCUT2D eigenvalue weighted by molar-refractivity contribution is -0.116. The number of carbonyl (C=O) groups is 1. The molecule has 4 rings (SSSR count). The zero-order chi connectivity index (χ0) is 22.0. The summed E-state index contributed by atoms with van der Waals surface area (Å²) < 4.78 is 11.7. The molecule has 0 radical (unpaired) electrons. The fourth-order valence-corrected chi connectivity index (χ4v) is 4.76. The maximum Gasteiger partial charge on any atom is 0.276 e. The number of nitrogens with one attached hydrogen (secondary N) is 1. The minimum atomic E-state index is -0.503. The Bertz CT molecular complexity index is 1170. The van der Waals surface area contributed by atoms with Crippen molar-refractivity contribution in [1.29, 1.82) is 0 Å². The SMILES string of the molecule is CCCCSC1=NN2C(=c3cc(Br)ccc3=N[C@H]2c2ccc(OC)c(OC)c2)C(=O)N1. The molecule has 2 aromatic rings. The van der Waals surface area contributed by atoms with E-state index in [0.29, 0.717) is 22.4 Å². The number of hydrogen-bond acceptors (Lipinski definition) is 7. The van der Waals surface area contributed by atoms with Gasteiger partial charge in [0.25, 0.3) is 5.91 Å². The van der Waals surface area contributed by atoms with Gasteiger partial charge < -0.3 is 9.47 Å². The number of hydrogen-bond donors (Lipinski definition) is 1. The van der Waals surface area contributed by atoms with Crippen LogP contribution in [-0.2, 0) is 4.79 Å². The number of carbonyl (C=O) groups excluding carboxylic acids is 1. The van der Waals surface area contributed by atoms with Crippen molar-refractivity contribution in [3.63, 3.8) is 0 Å². The average Bonchev–Trinajstić information content (AvgIpc) is 2.78. The Morgan fingerprint density at radius 2 is 1.97 bits per heavy atom. The Hall–Kier alpha value is -2.52. The number of hydrazone groups is 1. The highest BCUT2D eigenvalue weighted by Gasteiger charge is 2.34. The van der Waals surface area contributed by atoms with Gasteiger partial charge in [-0.2, -0.15) is 0 Å². The van der Waals surface area contributed by atoms with Crippen LogP contribution in [0.5, 0.6) is 11.5 Å². The molecule has 2 aromatic carbocycles. The van der Waals surface area contributed by atoms with E-state index in [1.54, 1.807) is 31.0 Å². The number of rotatable bonds is 6. The van der Waals surface area contributed by atoms with E-state index < -0.39 is 6.17 Å². The summed E-state index contributed by atoms with van der Waals surface area (Å²) in [7, 11) is 3.20. The van der Waals surface area contributed by atoms with Crippen molar-refractivity contribution in [3.8, 4) is 11.5 Å². The second-order valence-corrected chi connectivity index (χ2v) is 9.03. The fourth-order valence-electron chi connectivity index (χ4n) is 3.46. The molecule has 2 aliphatic rings. The van der Waals surface area contributed by atoms with Crippen LogP contribution in [0.3, 0.4) is 0 Å². The van der Waals surface area contributed by atoms with Crippen LogP contribution < -0.4 is 25.4 Å². The molecule has 0 fully saturated rings. The third-order valence-electron chi connectivity index (χ3n) is 5.01. The first kappa shape index (κ1) is 21.7. The van der Waals surface area contributed by atoms with Gasteiger partial charge in [0, 0.05) is 21.0 Å². The lowest BCUT2D eigenvalue weighted by Crippen LogP contribution is -2.50. The highest BCUT2D eigenvalue weighted by Crippen LogP contribution is 2.35. The van der Waals surface area contributed by atoms with Crippen molar-refractivity contribution in [3.05, 3.63) is 57.0 Å². The monoisotopic (exact) mass is 502 g/mol. The third-order valence-corrected chi connectivity index (χ3v) is 6.46. The number of amides is 1. The molecule has 0 unspecified atom stereocenters. The quantitative estimate of drug-likeness (QED) is 0.614. The highest BCUT2D eigenvalue weighted by atomic mass is 79.9. The van der Waals surface area contributed by atoms with Gasteiger partial charge in [0.1, 0.15) is 5.70 Å². The summed E-state index contributed by atoms with van der Waals surface area (Å²) in [5, 5.41) is 11.5. The molecule has 0 spiro atoms. The molecule has 0 saturated carbocycles. The van der Waals surface area contributed by atoms with Crippen LogP contribution in [-0.4, -0.2) is 36.1 Å². The van der Waals surface area contributed by atoms with Gasteiger partial charge in [-0.25, -0.2) is 5.01 Å². The predicted octanol–water partition coefficient (Wildman–Crippen LogP) is 3.14. The first-order chi connectivity index (χ1) is 15.0. The third kappa shape index (κ3) is 4.29. The van der Waals surface area contributed by atoms with Crippen LogP contribution in [0.4, 0.5) is 0 Å². The van der Waals surface area contributed by atoms with Gasteiger partial charge in [0.2, 0.25) is 0 Å². The van der Waals surface area contributed by atoms with E-state index in [-0.39, 0.29) is 5.91 Å². The predicted molar refractivity (Wildman–Crippen MR) is 125 cm³/mol. The molecule has 31 heavy (non-hydrogen) atoms. The molecule has 2 heterocycles. The average molecular weight is 503 g/mol. The van der Waals surface area contributed by atoms with E-state index in [1.165, 1.54) is 0 Å². The van der Waals surface area contributed by atoms with E-state index in [0.717, 1.165) is 39.2 Å². The zero-order valence-electron chi connectivity index (χ0n) is 17.5. The molecule has 1 N–H and O–H groups in total. The maximum atomic E-state index is 13.2. The van der Waals surface area contributed by atoms with Gasteiger partial charge >= 0.3 is 0 Å². The van der Waals surface area contributed by atoms with Gasteiger partial charge in [-0.1, -0.05) is 47.1 Å². The van der Waals surface area contributed by atoms with Crippen molar-refractivity contribution in [2.24, 2.45) is 10.1 Å². The molecule has 9 heteroatoms. The van der Waals surface area contributed by atoms with E-state index in [9.17, 15) is 4.79 Å². The van der Waals surface area contributed by atoms with E-state index in [2.05, 4.69) is 28.2 Å². The summed E-state index contributed by atoms with van der Waals surface area (Å²) in [6.07, 6.45) is 1.63. The molecule has 1 atom stereocenters. The molecule has 7 nitrogen and oxygen atoms in total. The smallest absolute Gasteiger partial charge is 0.276 e. The molecular weight excluding hydrogens is 480 g/mol. The zero-order valence-corrected chi connectivity index (χ0v) is 19.9.